The summed E-state index contributed by atoms with van der Waals surface area (Å²) in [6.45, 7) is 4.55. The molecular weight excluding hydrogens is 282 g/mol. The molecule has 0 saturated carbocycles. The maximum atomic E-state index is 11.5. The molecule has 1 fully saturated rings. The van der Waals surface area contributed by atoms with Crippen LogP contribution in [0.5, 0.6) is 0 Å². The van der Waals surface area contributed by atoms with E-state index in [0.717, 1.165) is 43.1 Å². The Kier molecular flexibility index (Phi) is 4.54. The molecule has 0 radical (unpaired) electrons. The lowest BCUT2D eigenvalue weighted by Gasteiger charge is -2.31. The summed E-state index contributed by atoms with van der Waals surface area (Å²) in [4.78, 5) is 2.30. The van der Waals surface area contributed by atoms with Crippen molar-refractivity contribution in [1.82, 2.24) is 4.90 Å². The fourth-order valence-corrected chi connectivity index (χ4v) is 4.04. The van der Waals surface area contributed by atoms with Gasteiger partial charge in [0.1, 0.15) is 9.84 Å². The van der Waals surface area contributed by atoms with Crippen LogP contribution in [0.15, 0.2) is 18.2 Å². The van der Waals surface area contributed by atoms with Gasteiger partial charge in [-0.2, -0.15) is 0 Å². The molecule has 0 aliphatic carbocycles. The molecule has 0 N–H and O–H groups in total. The van der Waals surface area contributed by atoms with Crippen LogP contribution in [0.2, 0.25) is 5.02 Å². The molecule has 1 saturated heterocycles. The first-order valence-electron chi connectivity index (χ1n) is 6.52. The van der Waals surface area contributed by atoms with Crippen molar-refractivity contribution >= 4 is 21.4 Å². The molecule has 5 heteroatoms. The fourth-order valence-electron chi connectivity index (χ4n) is 2.66. The van der Waals surface area contributed by atoms with Crippen molar-refractivity contribution in [3.63, 3.8) is 0 Å². The van der Waals surface area contributed by atoms with Gasteiger partial charge >= 0.3 is 0 Å². The van der Waals surface area contributed by atoms with Gasteiger partial charge in [0.15, 0.2) is 0 Å². The third-order valence-electron chi connectivity index (χ3n) is 3.65. The predicted octanol–water partition coefficient (Wildman–Crippen LogP) is 2.66. The van der Waals surface area contributed by atoms with Crippen LogP contribution in [0, 0.1) is 6.92 Å². The normalized spacial score (nSPS) is 18.7. The van der Waals surface area contributed by atoms with Gasteiger partial charge in [0.2, 0.25) is 0 Å². The molecule has 2 rings (SSSR count). The molecule has 0 aromatic heterocycles. The molecule has 1 aliphatic rings. The van der Waals surface area contributed by atoms with Crippen molar-refractivity contribution in [3.05, 3.63) is 34.3 Å². The Morgan fingerprint density at radius 2 is 1.89 bits per heavy atom. The highest BCUT2D eigenvalue weighted by atomic mass is 35.5. The summed E-state index contributed by atoms with van der Waals surface area (Å²) in [5, 5.41) is 0.603. The molecule has 1 aromatic rings. The quantitative estimate of drug-likeness (QED) is 0.861. The maximum Gasteiger partial charge on any atom is 0.150 e. The second-order valence-electron chi connectivity index (χ2n) is 5.44. The first-order chi connectivity index (χ1) is 8.84. The third kappa shape index (κ3) is 4.20. The van der Waals surface area contributed by atoms with Crippen LogP contribution >= 0.6 is 11.6 Å². The molecule has 0 spiro atoms. The van der Waals surface area contributed by atoms with E-state index in [-0.39, 0.29) is 5.25 Å². The van der Waals surface area contributed by atoms with Gasteiger partial charge in [0.05, 0.1) is 5.25 Å². The number of likely N-dealkylation sites (tertiary alicyclic amines) is 1. The summed E-state index contributed by atoms with van der Waals surface area (Å²) in [6.07, 6.45) is 2.81. The van der Waals surface area contributed by atoms with Gasteiger partial charge in [-0.3, -0.25) is 4.90 Å². The fraction of sp³-hybridized carbons (Fsp3) is 0.571. The summed E-state index contributed by atoms with van der Waals surface area (Å²) in [5.41, 5.74) is 2.36. The SMILES string of the molecule is Cc1cc(Cl)cc(CN2CCC(S(C)(=O)=O)CC2)c1. The minimum atomic E-state index is -2.88. The molecule has 0 amide bonds. The molecule has 1 aromatic carbocycles. The Bertz CT molecular complexity index is 528. The molecule has 0 atom stereocenters. The van der Waals surface area contributed by atoms with Gasteiger partial charge < -0.3 is 0 Å². The first-order valence-corrected chi connectivity index (χ1v) is 8.85. The Balaban J connectivity index is 1.96. The second-order valence-corrected chi connectivity index (χ2v) is 8.20. The van der Waals surface area contributed by atoms with Crippen molar-refractivity contribution < 1.29 is 8.42 Å². The van der Waals surface area contributed by atoms with Crippen LogP contribution < -0.4 is 0 Å². The number of aryl methyl sites for hydroxylation is 1. The highest BCUT2D eigenvalue weighted by Crippen LogP contribution is 2.21. The zero-order valence-corrected chi connectivity index (χ0v) is 13.0. The van der Waals surface area contributed by atoms with Gasteiger partial charge in [-0.25, -0.2) is 8.42 Å². The highest BCUT2D eigenvalue weighted by Gasteiger charge is 2.26. The number of nitrogens with zero attached hydrogens (tertiary/aromatic N) is 1. The molecule has 19 heavy (non-hydrogen) atoms. The van der Waals surface area contributed by atoms with E-state index in [2.05, 4.69) is 11.0 Å². The van der Waals surface area contributed by atoms with Crippen LogP contribution in [0.4, 0.5) is 0 Å². The van der Waals surface area contributed by atoms with E-state index in [1.807, 2.05) is 19.1 Å². The standard InChI is InChI=1S/C14H20ClNO2S/c1-11-7-12(9-13(15)8-11)10-16-5-3-14(4-6-16)19(2,17)18/h7-9,14H,3-6,10H2,1-2H3. The van der Waals surface area contributed by atoms with Gasteiger partial charge in [-0.1, -0.05) is 17.7 Å². The zero-order valence-electron chi connectivity index (χ0n) is 11.4. The Morgan fingerprint density at radius 3 is 2.42 bits per heavy atom. The third-order valence-corrected chi connectivity index (χ3v) is 5.55. The lowest BCUT2D eigenvalue weighted by atomic mass is 10.1. The average Bonchev–Trinajstić information content (AvgIpc) is 2.26. The van der Waals surface area contributed by atoms with Gasteiger partial charge in [0.25, 0.3) is 0 Å². The smallest absolute Gasteiger partial charge is 0.150 e. The largest absolute Gasteiger partial charge is 0.299 e. The average molecular weight is 302 g/mol. The van der Waals surface area contributed by atoms with Gasteiger partial charge in [0, 0.05) is 17.8 Å². The maximum absolute atomic E-state index is 11.5. The highest BCUT2D eigenvalue weighted by molar-refractivity contribution is 7.91. The molecule has 0 bridgehead atoms. The van der Waals surface area contributed by atoms with Gasteiger partial charge in [-0.05, 0) is 56.1 Å². The van der Waals surface area contributed by atoms with Crippen LogP contribution in [0.1, 0.15) is 24.0 Å². The van der Waals surface area contributed by atoms with Crippen LogP contribution in [-0.4, -0.2) is 37.9 Å². The van der Waals surface area contributed by atoms with Gasteiger partial charge in [-0.15, -0.1) is 0 Å². The van der Waals surface area contributed by atoms with E-state index in [1.54, 1.807) is 0 Å². The second kappa shape index (κ2) is 5.81. The van der Waals surface area contributed by atoms with E-state index < -0.39 is 9.84 Å². The minimum absolute atomic E-state index is 0.162. The summed E-state index contributed by atoms with van der Waals surface area (Å²) in [7, 11) is -2.88. The molecule has 3 nitrogen and oxygen atoms in total. The number of halogens is 1. The molecule has 106 valence electrons. The number of rotatable bonds is 3. The lowest BCUT2D eigenvalue weighted by molar-refractivity contribution is 0.222. The Labute approximate surface area is 120 Å². The number of hydrogen-bond acceptors (Lipinski definition) is 3. The molecule has 1 heterocycles. The molecule has 0 unspecified atom stereocenters. The van der Waals surface area contributed by atoms with Crippen molar-refractivity contribution in [3.8, 4) is 0 Å². The van der Waals surface area contributed by atoms with E-state index in [9.17, 15) is 8.42 Å². The Morgan fingerprint density at radius 1 is 1.26 bits per heavy atom. The Hall–Kier alpha value is -0.580. The van der Waals surface area contributed by atoms with E-state index >= 15 is 0 Å². The zero-order chi connectivity index (χ0) is 14.0. The summed E-state index contributed by atoms with van der Waals surface area (Å²) < 4.78 is 23.0. The predicted molar refractivity (Wildman–Crippen MR) is 79.3 cm³/mol. The number of sulfone groups is 1. The van der Waals surface area contributed by atoms with Crippen molar-refractivity contribution in [1.29, 1.82) is 0 Å². The topological polar surface area (TPSA) is 37.4 Å². The minimum Gasteiger partial charge on any atom is -0.299 e. The number of benzene rings is 1. The van der Waals surface area contributed by atoms with Crippen molar-refractivity contribution in [2.45, 2.75) is 31.6 Å². The van der Waals surface area contributed by atoms with E-state index in [4.69, 9.17) is 11.6 Å². The number of piperidine rings is 1. The summed E-state index contributed by atoms with van der Waals surface area (Å²) >= 11 is 6.05. The van der Waals surface area contributed by atoms with Crippen molar-refractivity contribution in [2.75, 3.05) is 19.3 Å². The molecule has 1 aliphatic heterocycles. The van der Waals surface area contributed by atoms with Crippen LogP contribution in [-0.2, 0) is 16.4 Å². The monoisotopic (exact) mass is 301 g/mol. The number of hydrogen-bond donors (Lipinski definition) is 0. The van der Waals surface area contributed by atoms with Crippen LogP contribution in [0.3, 0.4) is 0 Å². The lowest BCUT2D eigenvalue weighted by Crippen LogP contribution is -2.38. The first kappa shape index (κ1) is 14.8. The molecular formula is C14H20ClNO2S. The van der Waals surface area contributed by atoms with E-state index in [0.29, 0.717) is 0 Å². The van der Waals surface area contributed by atoms with E-state index in [1.165, 1.54) is 11.8 Å². The summed E-state index contributed by atoms with van der Waals surface area (Å²) in [6, 6.07) is 6.06. The summed E-state index contributed by atoms with van der Waals surface area (Å²) in [5.74, 6) is 0. The van der Waals surface area contributed by atoms with Crippen LogP contribution in [0.25, 0.3) is 0 Å². The van der Waals surface area contributed by atoms with Crippen molar-refractivity contribution in [2.24, 2.45) is 0 Å².